The summed E-state index contributed by atoms with van der Waals surface area (Å²) in [5.74, 6) is 1.38. The Kier molecular flexibility index (Phi) is 5.78. The first kappa shape index (κ1) is 19.6. The summed E-state index contributed by atoms with van der Waals surface area (Å²) in [5, 5.41) is 6.79. The van der Waals surface area contributed by atoms with E-state index in [2.05, 4.69) is 48.4 Å². The molecule has 0 saturated carbocycles. The predicted octanol–water partition coefficient (Wildman–Crippen LogP) is 4.36. The van der Waals surface area contributed by atoms with Gasteiger partial charge >= 0.3 is 0 Å². The van der Waals surface area contributed by atoms with Crippen LogP contribution in [0.5, 0.6) is 5.75 Å². The van der Waals surface area contributed by atoms with E-state index in [9.17, 15) is 4.79 Å². The maximum absolute atomic E-state index is 12.3. The first-order valence-electron chi connectivity index (χ1n) is 9.31. The SMILES string of the molecule is CCOc1ccc(C(=O)NCc2nc(-c3ccc(C(C)(C)C)cc3)no2)cc1. The Labute approximate surface area is 164 Å². The number of hydrogen-bond acceptors (Lipinski definition) is 5. The third-order valence-corrected chi connectivity index (χ3v) is 4.30. The van der Waals surface area contributed by atoms with E-state index in [1.165, 1.54) is 5.56 Å². The zero-order valence-electron chi connectivity index (χ0n) is 16.7. The molecular weight excluding hydrogens is 354 g/mol. The van der Waals surface area contributed by atoms with Crippen LogP contribution in [0.3, 0.4) is 0 Å². The molecule has 6 heteroatoms. The Hall–Kier alpha value is -3.15. The van der Waals surface area contributed by atoms with Crippen molar-refractivity contribution in [2.45, 2.75) is 39.7 Å². The number of ether oxygens (including phenoxy) is 1. The average Bonchev–Trinajstić information content (AvgIpc) is 3.15. The summed E-state index contributed by atoms with van der Waals surface area (Å²) in [4.78, 5) is 16.6. The summed E-state index contributed by atoms with van der Waals surface area (Å²) in [6, 6.07) is 15.1. The molecule has 1 heterocycles. The number of rotatable bonds is 6. The Morgan fingerprint density at radius 2 is 1.75 bits per heavy atom. The minimum atomic E-state index is -0.211. The van der Waals surface area contributed by atoms with E-state index in [4.69, 9.17) is 9.26 Å². The molecule has 0 spiro atoms. The van der Waals surface area contributed by atoms with Crippen molar-refractivity contribution in [3.8, 4) is 17.1 Å². The molecule has 146 valence electrons. The number of nitrogens with zero attached hydrogens (tertiary/aromatic N) is 2. The van der Waals surface area contributed by atoms with Gasteiger partial charge in [-0.05, 0) is 42.2 Å². The smallest absolute Gasteiger partial charge is 0.251 e. The van der Waals surface area contributed by atoms with Crippen LogP contribution < -0.4 is 10.1 Å². The summed E-state index contributed by atoms with van der Waals surface area (Å²) < 4.78 is 10.6. The van der Waals surface area contributed by atoms with Gasteiger partial charge in [0, 0.05) is 11.1 Å². The van der Waals surface area contributed by atoms with Gasteiger partial charge in [-0.15, -0.1) is 0 Å². The van der Waals surface area contributed by atoms with Crippen LogP contribution >= 0.6 is 0 Å². The highest BCUT2D eigenvalue weighted by Crippen LogP contribution is 2.25. The number of carbonyl (C=O) groups excluding carboxylic acids is 1. The van der Waals surface area contributed by atoms with Gasteiger partial charge in [-0.3, -0.25) is 4.79 Å². The monoisotopic (exact) mass is 379 g/mol. The zero-order valence-corrected chi connectivity index (χ0v) is 16.7. The minimum Gasteiger partial charge on any atom is -0.494 e. The van der Waals surface area contributed by atoms with Gasteiger partial charge in [0.1, 0.15) is 5.75 Å². The van der Waals surface area contributed by atoms with Crippen molar-refractivity contribution < 1.29 is 14.1 Å². The molecule has 0 aliphatic heterocycles. The maximum Gasteiger partial charge on any atom is 0.251 e. The van der Waals surface area contributed by atoms with Crippen molar-refractivity contribution in [1.29, 1.82) is 0 Å². The fraction of sp³-hybridized carbons (Fsp3) is 0.318. The Morgan fingerprint density at radius 3 is 2.36 bits per heavy atom. The lowest BCUT2D eigenvalue weighted by molar-refractivity contribution is 0.0946. The highest BCUT2D eigenvalue weighted by molar-refractivity contribution is 5.94. The van der Waals surface area contributed by atoms with Crippen LogP contribution in [-0.4, -0.2) is 22.7 Å². The summed E-state index contributed by atoms with van der Waals surface area (Å²) in [5.41, 5.74) is 2.75. The standard InChI is InChI=1S/C22H25N3O3/c1-5-27-18-12-8-16(9-13-18)21(26)23-14-19-24-20(25-28-19)15-6-10-17(11-7-15)22(2,3)4/h6-13H,5,14H2,1-4H3,(H,23,26). The van der Waals surface area contributed by atoms with Gasteiger partial charge in [0.25, 0.3) is 5.91 Å². The van der Waals surface area contributed by atoms with Gasteiger partial charge in [-0.1, -0.05) is 50.2 Å². The fourth-order valence-corrected chi connectivity index (χ4v) is 2.69. The molecule has 2 aromatic carbocycles. The van der Waals surface area contributed by atoms with Gasteiger partial charge in [0.2, 0.25) is 11.7 Å². The minimum absolute atomic E-state index is 0.0894. The van der Waals surface area contributed by atoms with Crippen LogP contribution in [0.15, 0.2) is 53.1 Å². The van der Waals surface area contributed by atoms with Gasteiger partial charge in [-0.2, -0.15) is 4.98 Å². The maximum atomic E-state index is 12.3. The van der Waals surface area contributed by atoms with E-state index in [1.807, 2.05) is 19.1 Å². The summed E-state index contributed by atoms with van der Waals surface area (Å²) in [6.07, 6.45) is 0. The predicted molar refractivity (Wildman–Crippen MR) is 107 cm³/mol. The molecule has 1 amide bonds. The summed E-state index contributed by atoms with van der Waals surface area (Å²) >= 11 is 0. The molecule has 0 radical (unpaired) electrons. The molecule has 0 aliphatic carbocycles. The first-order valence-corrected chi connectivity index (χ1v) is 9.31. The molecule has 3 rings (SSSR count). The molecule has 6 nitrogen and oxygen atoms in total. The molecule has 0 saturated heterocycles. The lowest BCUT2D eigenvalue weighted by Gasteiger charge is -2.18. The van der Waals surface area contributed by atoms with Crippen molar-refractivity contribution in [2.75, 3.05) is 6.61 Å². The lowest BCUT2D eigenvalue weighted by Crippen LogP contribution is -2.22. The van der Waals surface area contributed by atoms with Crippen LogP contribution in [-0.2, 0) is 12.0 Å². The number of benzene rings is 2. The second-order valence-corrected chi connectivity index (χ2v) is 7.48. The second kappa shape index (κ2) is 8.25. The third kappa shape index (κ3) is 4.76. The molecule has 1 N–H and O–H groups in total. The molecule has 0 bridgehead atoms. The third-order valence-electron chi connectivity index (χ3n) is 4.30. The first-order chi connectivity index (χ1) is 13.4. The molecule has 0 unspecified atom stereocenters. The number of carbonyl (C=O) groups is 1. The Morgan fingerprint density at radius 1 is 1.07 bits per heavy atom. The van der Waals surface area contributed by atoms with E-state index < -0.39 is 0 Å². The largest absolute Gasteiger partial charge is 0.494 e. The van der Waals surface area contributed by atoms with E-state index in [1.54, 1.807) is 24.3 Å². The molecule has 0 fully saturated rings. The number of nitrogens with one attached hydrogen (secondary N) is 1. The highest BCUT2D eigenvalue weighted by Gasteiger charge is 2.15. The van der Waals surface area contributed by atoms with Crippen LogP contribution in [0.25, 0.3) is 11.4 Å². The normalized spacial score (nSPS) is 11.3. The molecule has 3 aromatic rings. The summed E-state index contributed by atoms with van der Waals surface area (Å²) in [7, 11) is 0. The van der Waals surface area contributed by atoms with Gasteiger partial charge < -0.3 is 14.6 Å². The van der Waals surface area contributed by atoms with Crippen LogP contribution in [0, 0.1) is 0 Å². The Balaban J connectivity index is 1.60. The lowest BCUT2D eigenvalue weighted by atomic mass is 9.87. The number of aromatic nitrogens is 2. The van der Waals surface area contributed by atoms with Crippen LogP contribution in [0.4, 0.5) is 0 Å². The van der Waals surface area contributed by atoms with E-state index in [0.717, 1.165) is 11.3 Å². The summed E-state index contributed by atoms with van der Waals surface area (Å²) in [6.45, 7) is 9.17. The van der Waals surface area contributed by atoms with Crippen molar-refractivity contribution in [3.05, 3.63) is 65.5 Å². The van der Waals surface area contributed by atoms with Crippen molar-refractivity contribution in [1.82, 2.24) is 15.5 Å². The second-order valence-electron chi connectivity index (χ2n) is 7.48. The molecular formula is C22H25N3O3. The molecule has 28 heavy (non-hydrogen) atoms. The van der Waals surface area contributed by atoms with E-state index in [0.29, 0.717) is 23.9 Å². The van der Waals surface area contributed by atoms with Crippen LogP contribution in [0.2, 0.25) is 0 Å². The molecule has 1 aromatic heterocycles. The fourth-order valence-electron chi connectivity index (χ4n) is 2.69. The average molecular weight is 379 g/mol. The zero-order chi connectivity index (χ0) is 20.1. The number of hydrogen-bond donors (Lipinski definition) is 1. The van der Waals surface area contributed by atoms with Crippen molar-refractivity contribution >= 4 is 5.91 Å². The quantitative estimate of drug-likeness (QED) is 0.688. The van der Waals surface area contributed by atoms with Gasteiger partial charge in [0.05, 0.1) is 13.2 Å². The van der Waals surface area contributed by atoms with Crippen molar-refractivity contribution in [2.24, 2.45) is 0 Å². The van der Waals surface area contributed by atoms with E-state index >= 15 is 0 Å². The van der Waals surface area contributed by atoms with E-state index in [-0.39, 0.29) is 17.9 Å². The van der Waals surface area contributed by atoms with Gasteiger partial charge in [-0.25, -0.2) is 0 Å². The van der Waals surface area contributed by atoms with Crippen LogP contribution in [0.1, 0.15) is 49.5 Å². The molecule has 0 aliphatic rings. The van der Waals surface area contributed by atoms with Crippen molar-refractivity contribution in [3.63, 3.8) is 0 Å². The topological polar surface area (TPSA) is 77.2 Å². The van der Waals surface area contributed by atoms with Gasteiger partial charge in [0.15, 0.2) is 0 Å². The number of amides is 1. The molecule has 0 atom stereocenters. The highest BCUT2D eigenvalue weighted by atomic mass is 16.5. The Bertz CT molecular complexity index is 923.